The molecule has 0 radical (unpaired) electrons. The van der Waals surface area contributed by atoms with E-state index in [-0.39, 0.29) is 11.7 Å². The maximum atomic E-state index is 13.4. The molecule has 1 N–H and O–H groups in total. The van der Waals surface area contributed by atoms with Crippen LogP contribution >= 0.6 is 11.8 Å². The number of amides is 1. The molecule has 3 atom stereocenters. The molecule has 3 rings (SSSR count). The summed E-state index contributed by atoms with van der Waals surface area (Å²) >= 11 is 1.72. The van der Waals surface area contributed by atoms with E-state index >= 15 is 0 Å². The number of rotatable bonds is 16. The van der Waals surface area contributed by atoms with Crippen LogP contribution in [0.25, 0.3) is 0 Å². The fraction of sp³-hybridized carbons (Fsp3) is 0.459. The average Bonchev–Trinajstić information content (AvgIpc) is 3.03. The molecule has 1 aromatic carbocycles. The summed E-state index contributed by atoms with van der Waals surface area (Å²) in [7, 11) is 0. The number of hydrogen-bond donors (Lipinski definition) is 1. The number of nitrogens with zero attached hydrogens (tertiary/aromatic N) is 3. The van der Waals surface area contributed by atoms with Crippen molar-refractivity contribution in [1.29, 1.82) is 0 Å². The van der Waals surface area contributed by atoms with Gasteiger partial charge in [-0.3, -0.25) is 9.69 Å². The van der Waals surface area contributed by atoms with Gasteiger partial charge in [0.25, 0.3) is 5.91 Å². The number of hydrogen-bond acceptors (Lipinski definition) is 5. The molecule has 3 unspecified atom stereocenters. The summed E-state index contributed by atoms with van der Waals surface area (Å²) < 4.78 is 13.4. The molecular weight excluding hydrogens is 567 g/mol. The van der Waals surface area contributed by atoms with Gasteiger partial charge in [-0.2, -0.15) is 0 Å². The molecule has 1 fully saturated rings. The van der Waals surface area contributed by atoms with Crippen LogP contribution in [0.15, 0.2) is 101 Å². The highest BCUT2D eigenvalue weighted by molar-refractivity contribution is 8.12. The number of carbonyl (C=O) groups excluding carboxylic acids is 1. The van der Waals surface area contributed by atoms with Crippen LogP contribution in [0.2, 0.25) is 0 Å². The third-order valence-corrected chi connectivity index (χ3v) is 9.35. The normalized spacial score (nSPS) is 20.7. The van der Waals surface area contributed by atoms with Crippen LogP contribution in [0.3, 0.4) is 0 Å². The fourth-order valence-electron chi connectivity index (χ4n) is 5.82. The Labute approximate surface area is 269 Å². The second kappa shape index (κ2) is 18.6. The van der Waals surface area contributed by atoms with Gasteiger partial charge >= 0.3 is 0 Å². The van der Waals surface area contributed by atoms with Crippen molar-refractivity contribution in [3.05, 3.63) is 102 Å². The van der Waals surface area contributed by atoms with Crippen LogP contribution in [0, 0.1) is 11.7 Å². The Balaban J connectivity index is 1.65. The van der Waals surface area contributed by atoms with Gasteiger partial charge in [0, 0.05) is 54.8 Å². The quantitative estimate of drug-likeness (QED) is 0.0663. The molecule has 5 nitrogen and oxygen atoms in total. The predicted molar refractivity (Wildman–Crippen MR) is 189 cm³/mol. The number of carbonyl (C=O) groups is 1. The van der Waals surface area contributed by atoms with Crippen LogP contribution in [0.1, 0.15) is 66.2 Å². The van der Waals surface area contributed by atoms with Crippen LogP contribution in [-0.4, -0.2) is 53.8 Å². The molecule has 238 valence electrons. The van der Waals surface area contributed by atoms with Gasteiger partial charge in [-0.1, -0.05) is 76.1 Å². The predicted octanol–water partition coefficient (Wildman–Crippen LogP) is 8.61. The van der Waals surface area contributed by atoms with Crippen molar-refractivity contribution >= 4 is 28.9 Å². The fourth-order valence-corrected chi connectivity index (χ4v) is 6.75. The summed E-state index contributed by atoms with van der Waals surface area (Å²) in [4.78, 5) is 22.9. The van der Waals surface area contributed by atoms with E-state index in [1.807, 2.05) is 23.8 Å². The van der Waals surface area contributed by atoms with Gasteiger partial charge in [0.2, 0.25) is 0 Å². The van der Waals surface area contributed by atoms with Crippen LogP contribution < -0.4 is 10.2 Å². The molecule has 1 saturated heterocycles. The zero-order valence-electron chi connectivity index (χ0n) is 27.1. The lowest BCUT2D eigenvalue weighted by Gasteiger charge is -2.42. The minimum atomic E-state index is -0.235. The highest BCUT2D eigenvalue weighted by Gasteiger charge is 2.26. The van der Waals surface area contributed by atoms with Crippen molar-refractivity contribution in [3.8, 4) is 0 Å². The average molecular weight is 619 g/mol. The Hall–Kier alpha value is -3.16. The Bertz CT molecular complexity index is 1260. The second-order valence-corrected chi connectivity index (χ2v) is 12.7. The topological polar surface area (TPSA) is 47.9 Å². The van der Waals surface area contributed by atoms with Gasteiger partial charge in [0.05, 0.1) is 16.8 Å². The molecule has 7 heteroatoms. The molecule has 1 amide bonds. The molecule has 2 aliphatic rings. The zero-order valence-corrected chi connectivity index (χ0v) is 27.9. The summed E-state index contributed by atoms with van der Waals surface area (Å²) in [6.07, 6.45) is 18.1. The number of thioether (sulfide) groups is 1. The Morgan fingerprint density at radius 2 is 1.95 bits per heavy atom. The molecule has 1 heterocycles. The number of allylic oxidation sites excluding steroid dienone is 6. The maximum Gasteiger partial charge on any atom is 0.257 e. The zero-order chi connectivity index (χ0) is 31.9. The molecule has 0 aromatic heterocycles. The van der Waals surface area contributed by atoms with E-state index in [9.17, 15) is 9.18 Å². The van der Waals surface area contributed by atoms with E-state index in [1.54, 1.807) is 23.9 Å². The van der Waals surface area contributed by atoms with E-state index in [1.165, 1.54) is 17.7 Å². The van der Waals surface area contributed by atoms with Gasteiger partial charge in [0.15, 0.2) is 0 Å². The minimum absolute atomic E-state index is 0.203. The van der Waals surface area contributed by atoms with Gasteiger partial charge < -0.3 is 10.2 Å². The van der Waals surface area contributed by atoms with Crippen molar-refractivity contribution < 1.29 is 9.18 Å². The first-order chi connectivity index (χ1) is 21.3. The smallest absolute Gasteiger partial charge is 0.257 e. The molecule has 0 saturated carbocycles. The van der Waals surface area contributed by atoms with Crippen LogP contribution in [0.4, 0.5) is 10.1 Å². The first-order valence-corrected chi connectivity index (χ1v) is 17.0. The van der Waals surface area contributed by atoms with Gasteiger partial charge in [-0.05, 0) is 69.5 Å². The van der Waals surface area contributed by atoms with E-state index in [2.05, 4.69) is 74.2 Å². The number of anilines is 1. The van der Waals surface area contributed by atoms with E-state index in [0.29, 0.717) is 28.5 Å². The molecule has 1 aliphatic carbocycles. The maximum absolute atomic E-state index is 13.4. The molecule has 1 aromatic rings. The molecule has 0 bridgehead atoms. The number of benzene rings is 1. The summed E-state index contributed by atoms with van der Waals surface area (Å²) in [5.74, 6) is -0.133. The monoisotopic (exact) mass is 618 g/mol. The van der Waals surface area contributed by atoms with Gasteiger partial charge in [-0.25, -0.2) is 9.38 Å². The summed E-state index contributed by atoms with van der Waals surface area (Å²) in [5, 5.41) is 3.44. The number of aliphatic imine (C=N–C) groups is 1. The first kappa shape index (κ1) is 35.3. The molecule has 44 heavy (non-hydrogen) atoms. The highest BCUT2D eigenvalue weighted by atomic mass is 32.2. The number of piperazine rings is 1. The minimum Gasteiger partial charge on any atom is -0.369 e. The van der Waals surface area contributed by atoms with Crippen molar-refractivity contribution in [2.45, 2.75) is 77.5 Å². The van der Waals surface area contributed by atoms with Gasteiger partial charge in [-0.15, -0.1) is 11.8 Å². The highest BCUT2D eigenvalue weighted by Crippen LogP contribution is 2.27. The van der Waals surface area contributed by atoms with E-state index in [4.69, 9.17) is 4.99 Å². The van der Waals surface area contributed by atoms with E-state index in [0.717, 1.165) is 76.1 Å². The summed E-state index contributed by atoms with van der Waals surface area (Å²) in [6, 6.07) is 7.17. The lowest BCUT2D eigenvalue weighted by molar-refractivity contribution is -0.116. The second-order valence-electron chi connectivity index (χ2n) is 11.5. The lowest BCUT2D eigenvalue weighted by atomic mass is 9.88. The number of nitrogens with one attached hydrogen (secondary N) is 1. The van der Waals surface area contributed by atoms with E-state index < -0.39 is 0 Å². The van der Waals surface area contributed by atoms with Gasteiger partial charge in [0.1, 0.15) is 5.82 Å². The standard InChI is InChI=1S/C37H51FN4OS/c1-7-12-17-34(26-41-22-23-42(25-28(41)6)33-20-18-31(38)19-21-33)44-27-39-36(11-5)35(10-4)37(43)40-32-16-13-15-30(24-32)29(9-3)14-8-2/h9-11,13,16,18-21,24,27-28,30,34H,4-5,7-8,12,14-15,17,22-23,25-26H2,1-3,6H3,(H,40,43)/b29-9+,36-35-,39-27?. The Morgan fingerprint density at radius 1 is 1.18 bits per heavy atom. The van der Waals surface area contributed by atoms with Crippen molar-refractivity contribution in [2.75, 3.05) is 31.1 Å². The lowest BCUT2D eigenvalue weighted by Crippen LogP contribution is -2.53. The largest absolute Gasteiger partial charge is 0.369 e. The SMILES string of the molecule is C=C/C(N=CSC(CCCC)CN1CCN(c2ccc(F)cc2)CC1C)=C(\C=C)C(=O)NC1=CC(/C(=C/C)CCC)CC=C1. The third-order valence-electron chi connectivity index (χ3n) is 8.35. The Morgan fingerprint density at radius 3 is 2.59 bits per heavy atom. The van der Waals surface area contributed by atoms with Crippen LogP contribution in [0.5, 0.6) is 0 Å². The van der Waals surface area contributed by atoms with Crippen molar-refractivity contribution in [1.82, 2.24) is 10.2 Å². The Kier molecular flexibility index (Phi) is 14.9. The summed E-state index contributed by atoms with van der Waals surface area (Å²) in [6.45, 7) is 20.3. The molecule has 1 aliphatic heterocycles. The van der Waals surface area contributed by atoms with Crippen molar-refractivity contribution in [3.63, 3.8) is 0 Å². The molecule has 0 spiro atoms. The molecular formula is C37H51FN4OS. The summed E-state index contributed by atoms with van der Waals surface area (Å²) in [5.41, 5.74) is 6.06. The van der Waals surface area contributed by atoms with Crippen molar-refractivity contribution in [2.24, 2.45) is 10.9 Å². The first-order valence-electron chi connectivity index (χ1n) is 16.1. The third kappa shape index (κ3) is 10.5. The number of unbranched alkanes of at least 4 members (excludes halogenated alkanes) is 1. The number of halogens is 1. The van der Waals surface area contributed by atoms with Crippen LogP contribution in [-0.2, 0) is 4.79 Å².